The van der Waals surface area contributed by atoms with Gasteiger partial charge in [0, 0.05) is 24.7 Å². The third-order valence-electron chi connectivity index (χ3n) is 5.24. The normalized spacial score (nSPS) is 15.6. The molecule has 0 bridgehead atoms. The second-order valence-corrected chi connectivity index (χ2v) is 9.55. The molecule has 11 heteroatoms. The van der Waals surface area contributed by atoms with Crippen LogP contribution in [0.15, 0.2) is 41.3 Å². The van der Waals surface area contributed by atoms with Crippen LogP contribution in [0.4, 0.5) is 13.2 Å². The molecule has 0 radical (unpaired) electrons. The van der Waals surface area contributed by atoms with Crippen LogP contribution in [0.25, 0.3) is 0 Å². The highest BCUT2D eigenvalue weighted by Gasteiger charge is 2.29. The molecule has 2 aromatic carbocycles. The van der Waals surface area contributed by atoms with Crippen molar-refractivity contribution in [3.8, 4) is 0 Å². The third-order valence-corrected chi connectivity index (χ3v) is 7.15. The number of halogens is 3. The van der Waals surface area contributed by atoms with Crippen molar-refractivity contribution < 1.29 is 35.9 Å². The smallest absolute Gasteiger partial charge is 0.338 e. The summed E-state index contributed by atoms with van der Waals surface area (Å²) >= 11 is 0. The van der Waals surface area contributed by atoms with Gasteiger partial charge in [0.15, 0.2) is 6.61 Å². The Kier molecular flexibility index (Phi) is 7.75. The summed E-state index contributed by atoms with van der Waals surface area (Å²) in [5.41, 5.74) is -0.195. The number of amides is 1. The molecule has 1 atom stereocenters. The number of benzene rings is 2. The molecule has 33 heavy (non-hydrogen) atoms. The van der Waals surface area contributed by atoms with E-state index >= 15 is 0 Å². The molecule has 1 amide bonds. The Morgan fingerprint density at radius 3 is 2.39 bits per heavy atom. The van der Waals surface area contributed by atoms with Crippen molar-refractivity contribution in [1.82, 2.24) is 9.62 Å². The number of carbonyl (C=O) groups is 2. The summed E-state index contributed by atoms with van der Waals surface area (Å²) in [6.45, 7) is 1.26. The molecule has 0 aromatic heterocycles. The Morgan fingerprint density at radius 1 is 1.03 bits per heavy atom. The van der Waals surface area contributed by atoms with Crippen molar-refractivity contribution in [3.63, 3.8) is 0 Å². The molecular formula is C22H23F3N2O5S. The number of sulfonamides is 1. The number of rotatable bonds is 7. The highest BCUT2D eigenvalue weighted by atomic mass is 32.2. The van der Waals surface area contributed by atoms with E-state index in [9.17, 15) is 31.2 Å². The average molecular weight is 484 g/mol. The van der Waals surface area contributed by atoms with Gasteiger partial charge in [0.25, 0.3) is 5.91 Å². The van der Waals surface area contributed by atoms with Crippen molar-refractivity contribution in [2.75, 3.05) is 19.7 Å². The number of ether oxygens (including phenoxy) is 1. The van der Waals surface area contributed by atoms with E-state index in [-0.39, 0.29) is 24.2 Å². The second-order valence-electron chi connectivity index (χ2n) is 7.64. The lowest BCUT2D eigenvalue weighted by atomic mass is 10.1. The largest absolute Gasteiger partial charge is 0.452 e. The molecule has 1 N–H and O–H groups in total. The summed E-state index contributed by atoms with van der Waals surface area (Å²) in [4.78, 5) is 23.8. The zero-order valence-corrected chi connectivity index (χ0v) is 18.6. The van der Waals surface area contributed by atoms with Crippen LogP contribution in [-0.4, -0.2) is 44.3 Å². The predicted molar refractivity (Wildman–Crippen MR) is 112 cm³/mol. The number of carbonyl (C=O) groups excluding carboxylic acids is 2. The van der Waals surface area contributed by atoms with Gasteiger partial charge in [-0.15, -0.1) is 0 Å². The van der Waals surface area contributed by atoms with E-state index in [1.54, 1.807) is 0 Å². The van der Waals surface area contributed by atoms with Crippen molar-refractivity contribution in [2.24, 2.45) is 0 Å². The Hall–Kier alpha value is -2.92. The van der Waals surface area contributed by atoms with E-state index in [4.69, 9.17) is 4.74 Å². The van der Waals surface area contributed by atoms with Crippen LogP contribution >= 0.6 is 0 Å². The van der Waals surface area contributed by atoms with Gasteiger partial charge in [0.2, 0.25) is 10.0 Å². The number of nitrogens with one attached hydrogen (secondary N) is 1. The molecule has 1 fully saturated rings. The summed E-state index contributed by atoms with van der Waals surface area (Å²) < 4.78 is 72.7. The highest BCUT2D eigenvalue weighted by Crippen LogP contribution is 2.24. The fourth-order valence-electron chi connectivity index (χ4n) is 3.50. The molecule has 2 aromatic rings. The molecule has 1 aliphatic rings. The summed E-state index contributed by atoms with van der Waals surface area (Å²) in [7, 11) is -4.12. The molecular weight excluding hydrogens is 461 g/mol. The molecule has 1 saturated heterocycles. The quantitative estimate of drug-likeness (QED) is 0.609. The van der Waals surface area contributed by atoms with Crippen molar-refractivity contribution in [1.29, 1.82) is 0 Å². The lowest BCUT2D eigenvalue weighted by Crippen LogP contribution is -2.36. The first kappa shape index (κ1) is 24.7. The van der Waals surface area contributed by atoms with Gasteiger partial charge in [-0.3, -0.25) is 4.79 Å². The van der Waals surface area contributed by atoms with Crippen molar-refractivity contribution in [3.05, 3.63) is 65.0 Å². The Bertz CT molecular complexity index is 1150. The molecule has 7 nitrogen and oxygen atoms in total. The van der Waals surface area contributed by atoms with E-state index in [1.165, 1.54) is 17.3 Å². The van der Waals surface area contributed by atoms with Gasteiger partial charge in [0.1, 0.15) is 22.3 Å². The third kappa shape index (κ3) is 5.91. The van der Waals surface area contributed by atoms with Gasteiger partial charge < -0.3 is 10.1 Å². The Morgan fingerprint density at radius 2 is 1.73 bits per heavy atom. The molecule has 1 heterocycles. The number of piperidine rings is 1. The van der Waals surface area contributed by atoms with Gasteiger partial charge in [-0.1, -0.05) is 12.5 Å². The van der Waals surface area contributed by atoms with Crippen molar-refractivity contribution >= 4 is 21.9 Å². The zero-order valence-electron chi connectivity index (χ0n) is 17.8. The summed E-state index contributed by atoms with van der Waals surface area (Å²) in [6.07, 6.45) is 2.21. The van der Waals surface area contributed by atoms with Crippen LogP contribution in [0, 0.1) is 17.5 Å². The van der Waals surface area contributed by atoms with E-state index in [0.29, 0.717) is 18.9 Å². The van der Waals surface area contributed by atoms with E-state index in [1.807, 2.05) is 0 Å². The minimum absolute atomic E-state index is 0.0437. The Labute approximate surface area is 189 Å². The number of esters is 1. The monoisotopic (exact) mass is 484 g/mol. The summed E-state index contributed by atoms with van der Waals surface area (Å²) in [6, 6.07) is 4.88. The number of hydrogen-bond acceptors (Lipinski definition) is 5. The fraction of sp³-hybridized carbons (Fsp3) is 0.364. The standard InChI is InChI=1S/C22H23F3N2O5S/c1-14(17-7-6-16(23)12-19(17)25)26-21(28)13-32-22(29)15-5-8-18(24)20(11-15)33(30,31)27-9-3-2-4-10-27/h5-8,11-12,14H,2-4,9-10,13H2,1H3,(H,26,28). The van der Waals surface area contributed by atoms with Crippen molar-refractivity contribution in [2.45, 2.75) is 37.1 Å². The van der Waals surface area contributed by atoms with Crippen LogP contribution in [0.5, 0.6) is 0 Å². The topological polar surface area (TPSA) is 92.8 Å². The van der Waals surface area contributed by atoms with Crippen LogP contribution in [0.3, 0.4) is 0 Å². The minimum Gasteiger partial charge on any atom is -0.452 e. The van der Waals surface area contributed by atoms with Gasteiger partial charge >= 0.3 is 5.97 Å². The van der Waals surface area contributed by atoms with Gasteiger partial charge in [0.05, 0.1) is 11.6 Å². The maximum Gasteiger partial charge on any atom is 0.338 e. The Balaban J connectivity index is 1.64. The molecule has 0 saturated carbocycles. The average Bonchev–Trinajstić information content (AvgIpc) is 2.78. The first-order valence-corrected chi connectivity index (χ1v) is 11.7. The maximum atomic E-state index is 14.3. The summed E-state index contributed by atoms with van der Waals surface area (Å²) in [5.74, 6) is -4.38. The lowest BCUT2D eigenvalue weighted by molar-refractivity contribution is -0.124. The first-order valence-electron chi connectivity index (χ1n) is 10.3. The van der Waals surface area contributed by atoms with E-state index in [0.717, 1.165) is 30.7 Å². The number of hydrogen-bond donors (Lipinski definition) is 1. The molecule has 3 rings (SSSR count). The van der Waals surface area contributed by atoms with Gasteiger partial charge in [-0.25, -0.2) is 26.4 Å². The fourth-order valence-corrected chi connectivity index (χ4v) is 5.11. The molecule has 0 spiro atoms. The highest BCUT2D eigenvalue weighted by molar-refractivity contribution is 7.89. The zero-order chi connectivity index (χ0) is 24.2. The predicted octanol–water partition coefficient (Wildman–Crippen LogP) is 3.31. The summed E-state index contributed by atoms with van der Waals surface area (Å²) in [5, 5.41) is 2.41. The van der Waals surface area contributed by atoms with Crippen LogP contribution in [0.1, 0.15) is 48.1 Å². The van der Waals surface area contributed by atoms with Crippen LogP contribution < -0.4 is 5.32 Å². The second kappa shape index (κ2) is 10.3. The van der Waals surface area contributed by atoms with Gasteiger partial charge in [-0.05, 0) is 44.0 Å². The number of nitrogens with zero attached hydrogens (tertiary/aromatic N) is 1. The van der Waals surface area contributed by atoms with E-state index < -0.39 is 56.9 Å². The van der Waals surface area contributed by atoms with E-state index in [2.05, 4.69) is 5.32 Å². The SMILES string of the molecule is CC(NC(=O)COC(=O)c1ccc(F)c(S(=O)(=O)N2CCCCC2)c1)c1ccc(F)cc1F. The molecule has 0 aliphatic carbocycles. The minimum atomic E-state index is -4.12. The molecule has 178 valence electrons. The van der Waals surface area contributed by atoms with Crippen LogP contribution in [-0.2, 0) is 19.6 Å². The maximum absolute atomic E-state index is 14.3. The lowest BCUT2D eigenvalue weighted by Gasteiger charge is -2.26. The molecule has 1 unspecified atom stereocenters. The molecule has 1 aliphatic heterocycles. The van der Waals surface area contributed by atoms with Crippen LogP contribution in [0.2, 0.25) is 0 Å². The first-order chi connectivity index (χ1) is 15.6. The van der Waals surface area contributed by atoms with Gasteiger partial charge in [-0.2, -0.15) is 4.31 Å².